The second-order valence-corrected chi connectivity index (χ2v) is 9.09. The van der Waals surface area contributed by atoms with Gasteiger partial charge in [0.15, 0.2) is 0 Å². The molecule has 0 spiro atoms. The van der Waals surface area contributed by atoms with E-state index in [9.17, 15) is 4.79 Å². The zero-order chi connectivity index (χ0) is 19.6. The van der Waals surface area contributed by atoms with Crippen LogP contribution in [0.1, 0.15) is 70.2 Å². The van der Waals surface area contributed by atoms with Gasteiger partial charge in [-0.2, -0.15) is 0 Å². The van der Waals surface area contributed by atoms with Crippen LogP contribution < -0.4 is 5.73 Å². The highest BCUT2D eigenvalue weighted by Crippen LogP contribution is 2.42. The maximum Gasteiger partial charge on any atom is 0.410 e. The first-order chi connectivity index (χ1) is 12.7. The molecule has 1 aromatic carbocycles. The Kier molecular flexibility index (Phi) is 6.11. The fourth-order valence-corrected chi connectivity index (χ4v) is 4.04. The first-order valence-corrected chi connectivity index (χ1v) is 10.3. The highest BCUT2D eigenvalue weighted by molar-refractivity contribution is 5.68. The molecule has 1 aromatic rings. The molecule has 1 aliphatic carbocycles. The van der Waals surface area contributed by atoms with Crippen molar-refractivity contribution in [2.24, 2.45) is 11.7 Å². The highest BCUT2D eigenvalue weighted by atomic mass is 16.6. The third kappa shape index (κ3) is 5.02. The Morgan fingerprint density at radius 2 is 1.63 bits per heavy atom. The number of hydrogen-bond acceptors (Lipinski definition) is 4. The van der Waals surface area contributed by atoms with Crippen molar-refractivity contribution in [3.63, 3.8) is 0 Å². The van der Waals surface area contributed by atoms with Crippen molar-refractivity contribution in [2.45, 2.75) is 64.6 Å². The predicted molar refractivity (Wildman–Crippen MR) is 109 cm³/mol. The minimum atomic E-state index is -0.440. The van der Waals surface area contributed by atoms with Gasteiger partial charge in [-0.25, -0.2) is 4.79 Å². The van der Waals surface area contributed by atoms with E-state index in [2.05, 4.69) is 29.2 Å². The Bertz CT molecular complexity index is 624. The number of carbonyl (C=O) groups excluding carboxylic acids is 1. The maximum atomic E-state index is 12.3. The Morgan fingerprint density at radius 3 is 2.07 bits per heavy atom. The molecule has 0 radical (unpaired) electrons. The van der Waals surface area contributed by atoms with Crippen LogP contribution in [0, 0.1) is 5.92 Å². The van der Waals surface area contributed by atoms with E-state index in [1.165, 1.54) is 30.4 Å². The molecule has 1 saturated carbocycles. The smallest absolute Gasteiger partial charge is 0.410 e. The second-order valence-electron chi connectivity index (χ2n) is 9.09. The summed E-state index contributed by atoms with van der Waals surface area (Å²) in [5.74, 6) is 0.722. The molecule has 5 nitrogen and oxygen atoms in total. The van der Waals surface area contributed by atoms with Gasteiger partial charge in [0.2, 0.25) is 0 Å². The predicted octanol–water partition coefficient (Wildman–Crippen LogP) is 4.10. The van der Waals surface area contributed by atoms with Gasteiger partial charge >= 0.3 is 6.09 Å². The Morgan fingerprint density at radius 1 is 1.07 bits per heavy atom. The molecule has 1 aliphatic heterocycles. The number of nitrogens with zero attached hydrogens (tertiary/aromatic N) is 2. The summed E-state index contributed by atoms with van der Waals surface area (Å²) in [7, 11) is 0. The van der Waals surface area contributed by atoms with Gasteiger partial charge in [0.05, 0.1) is 0 Å². The number of ether oxygens (including phenoxy) is 1. The molecule has 2 N–H and O–H groups in total. The van der Waals surface area contributed by atoms with Gasteiger partial charge in [-0.1, -0.05) is 30.7 Å². The van der Waals surface area contributed by atoms with Gasteiger partial charge in [0.1, 0.15) is 5.60 Å². The van der Waals surface area contributed by atoms with E-state index >= 15 is 0 Å². The minimum Gasteiger partial charge on any atom is -0.444 e. The van der Waals surface area contributed by atoms with Crippen LogP contribution in [0.25, 0.3) is 0 Å². The number of nitrogens with two attached hydrogens (primary N) is 1. The van der Waals surface area contributed by atoms with Crippen LogP contribution in [-0.2, 0) is 4.74 Å². The molecule has 1 unspecified atom stereocenters. The largest absolute Gasteiger partial charge is 0.444 e. The van der Waals surface area contributed by atoms with Crippen LogP contribution in [0.2, 0.25) is 0 Å². The van der Waals surface area contributed by atoms with Crippen LogP contribution >= 0.6 is 0 Å². The molecule has 1 saturated heterocycles. The first kappa shape index (κ1) is 20.2. The van der Waals surface area contributed by atoms with Crippen molar-refractivity contribution in [1.29, 1.82) is 0 Å². The number of piperazine rings is 1. The minimum absolute atomic E-state index is 0.0681. The summed E-state index contributed by atoms with van der Waals surface area (Å²) in [6.45, 7) is 11.0. The average Bonchev–Trinajstić information content (AvgIpc) is 2.57. The van der Waals surface area contributed by atoms with Gasteiger partial charge in [-0.15, -0.1) is 0 Å². The molecular weight excluding hydrogens is 338 g/mol. The van der Waals surface area contributed by atoms with E-state index in [0.29, 0.717) is 6.04 Å². The van der Waals surface area contributed by atoms with Crippen LogP contribution in [0.5, 0.6) is 0 Å². The fraction of sp³-hybridized carbons (Fsp3) is 0.682. The summed E-state index contributed by atoms with van der Waals surface area (Å²) >= 11 is 0. The van der Waals surface area contributed by atoms with Gasteiger partial charge in [-0.05, 0) is 57.6 Å². The van der Waals surface area contributed by atoms with Crippen LogP contribution in [0.15, 0.2) is 24.3 Å². The van der Waals surface area contributed by atoms with E-state index in [1.54, 1.807) is 0 Å². The van der Waals surface area contributed by atoms with Crippen molar-refractivity contribution < 1.29 is 9.53 Å². The van der Waals surface area contributed by atoms with E-state index < -0.39 is 5.60 Å². The number of carbonyl (C=O) groups is 1. The van der Waals surface area contributed by atoms with Crippen molar-refractivity contribution in [3.05, 3.63) is 35.4 Å². The molecule has 3 rings (SSSR count). The molecule has 2 fully saturated rings. The Labute approximate surface area is 163 Å². The summed E-state index contributed by atoms with van der Waals surface area (Å²) in [5, 5.41) is 0. The Balaban J connectivity index is 1.66. The number of amides is 1. The van der Waals surface area contributed by atoms with Crippen LogP contribution in [-0.4, -0.2) is 47.7 Å². The standard InChI is InChI=1S/C22H35N3O2/c1-16(23)17-8-10-19(11-9-17)20(18-6-5-7-18)24-12-14-25(15-13-24)21(26)27-22(2,3)4/h8-11,16,18,20H,5-7,12-15,23H2,1-4H3/t16-,20?/m0/s1. The van der Waals surface area contributed by atoms with E-state index in [-0.39, 0.29) is 12.1 Å². The van der Waals surface area contributed by atoms with Crippen molar-refractivity contribution in [1.82, 2.24) is 9.80 Å². The summed E-state index contributed by atoms with van der Waals surface area (Å²) in [4.78, 5) is 16.7. The number of rotatable bonds is 4. The van der Waals surface area contributed by atoms with Gasteiger partial charge in [0.25, 0.3) is 0 Å². The van der Waals surface area contributed by atoms with Crippen LogP contribution in [0.4, 0.5) is 4.79 Å². The van der Waals surface area contributed by atoms with Crippen molar-refractivity contribution in [3.8, 4) is 0 Å². The van der Waals surface area contributed by atoms with Gasteiger partial charge in [0, 0.05) is 38.3 Å². The maximum absolute atomic E-state index is 12.3. The molecule has 0 aromatic heterocycles. The lowest BCUT2D eigenvalue weighted by Crippen LogP contribution is -2.52. The summed E-state index contributed by atoms with van der Waals surface area (Å²) in [6.07, 6.45) is 3.73. The molecule has 150 valence electrons. The molecule has 1 heterocycles. The molecule has 2 atom stereocenters. The lowest BCUT2D eigenvalue weighted by molar-refractivity contribution is 0.00191. The lowest BCUT2D eigenvalue weighted by Gasteiger charge is -2.45. The lowest BCUT2D eigenvalue weighted by atomic mass is 9.76. The zero-order valence-corrected chi connectivity index (χ0v) is 17.3. The first-order valence-electron chi connectivity index (χ1n) is 10.3. The summed E-state index contributed by atoms with van der Waals surface area (Å²) < 4.78 is 5.53. The highest BCUT2D eigenvalue weighted by Gasteiger charge is 2.35. The zero-order valence-electron chi connectivity index (χ0n) is 17.3. The van der Waals surface area contributed by atoms with Crippen LogP contribution in [0.3, 0.4) is 0 Å². The molecule has 27 heavy (non-hydrogen) atoms. The fourth-order valence-electron chi connectivity index (χ4n) is 4.04. The molecule has 0 bridgehead atoms. The molecule has 5 heteroatoms. The van der Waals surface area contributed by atoms with Crippen molar-refractivity contribution in [2.75, 3.05) is 26.2 Å². The van der Waals surface area contributed by atoms with Gasteiger partial charge < -0.3 is 15.4 Å². The third-order valence-electron chi connectivity index (χ3n) is 5.76. The average molecular weight is 374 g/mol. The molecular formula is C22H35N3O2. The quantitative estimate of drug-likeness (QED) is 0.863. The number of benzene rings is 1. The SMILES string of the molecule is C[C@H](N)c1ccc(C(C2CCC2)N2CCN(C(=O)OC(C)(C)C)CC2)cc1. The normalized spacial score (nSPS) is 21.4. The second kappa shape index (κ2) is 8.19. The third-order valence-corrected chi connectivity index (χ3v) is 5.76. The van der Waals surface area contributed by atoms with E-state index in [1.807, 2.05) is 32.6 Å². The van der Waals surface area contributed by atoms with Crippen molar-refractivity contribution >= 4 is 6.09 Å². The summed E-state index contributed by atoms with van der Waals surface area (Å²) in [5.41, 5.74) is 8.13. The molecule has 1 amide bonds. The monoisotopic (exact) mass is 373 g/mol. The van der Waals surface area contributed by atoms with Gasteiger partial charge in [-0.3, -0.25) is 4.90 Å². The van der Waals surface area contributed by atoms with E-state index in [4.69, 9.17) is 10.5 Å². The molecule has 2 aliphatic rings. The van der Waals surface area contributed by atoms with E-state index in [0.717, 1.165) is 32.1 Å². The number of hydrogen-bond donors (Lipinski definition) is 1. The summed E-state index contributed by atoms with van der Waals surface area (Å²) in [6, 6.07) is 9.36. The topological polar surface area (TPSA) is 58.8 Å². The Hall–Kier alpha value is -1.59.